The van der Waals surface area contributed by atoms with Crippen molar-refractivity contribution in [3.63, 3.8) is 0 Å². The normalized spacial score (nSPS) is 9.41. The van der Waals surface area contributed by atoms with Gasteiger partial charge in [-0.25, -0.2) is 0 Å². The second-order valence-corrected chi connectivity index (χ2v) is 3.86. The van der Waals surface area contributed by atoms with Crippen molar-refractivity contribution in [2.75, 3.05) is 0 Å². The second kappa shape index (κ2) is 7.17. The van der Waals surface area contributed by atoms with Crippen LogP contribution in [0.2, 0.25) is 0 Å². The Balaban J connectivity index is 0.00000144. The molecule has 2 heteroatoms. The van der Waals surface area contributed by atoms with E-state index in [1.165, 1.54) is 0 Å². The van der Waals surface area contributed by atoms with Gasteiger partial charge in [0.1, 0.15) is 5.78 Å². The summed E-state index contributed by atoms with van der Waals surface area (Å²) in [6, 6.07) is 19.7. The van der Waals surface area contributed by atoms with Gasteiger partial charge in [-0.1, -0.05) is 60.7 Å². The van der Waals surface area contributed by atoms with Gasteiger partial charge in [0, 0.05) is 33.3 Å². The minimum absolute atomic E-state index is 0. The van der Waals surface area contributed by atoms with Crippen LogP contribution in [0.4, 0.5) is 0 Å². The van der Waals surface area contributed by atoms with E-state index >= 15 is 0 Å². The molecule has 0 saturated carbocycles. The fourth-order valence-corrected chi connectivity index (χ4v) is 1.71. The summed E-state index contributed by atoms with van der Waals surface area (Å²) in [4.78, 5) is 11.8. The predicted octanol–water partition coefficient (Wildman–Crippen LogP) is 3.04. The Morgan fingerprint density at radius 2 is 1.06 bits per heavy atom. The van der Waals surface area contributed by atoms with Crippen molar-refractivity contribution in [1.82, 2.24) is 0 Å². The van der Waals surface area contributed by atoms with Crippen molar-refractivity contribution < 1.29 is 25.2 Å². The molecule has 1 nitrogen and oxygen atoms in total. The number of hydrogen-bond acceptors (Lipinski definition) is 1. The van der Waals surface area contributed by atoms with E-state index in [-0.39, 0.29) is 26.2 Å². The minimum Gasteiger partial charge on any atom is -0.299 e. The van der Waals surface area contributed by atoms with Gasteiger partial charge in [-0.2, -0.15) is 0 Å². The molecule has 0 aromatic heterocycles. The number of Topliss-reactive ketones (excluding diaryl/α,β-unsaturated/α-hetero) is 1. The molecule has 2 rings (SSSR count). The molecule has 0 aliphatic heterocycles. The summed E-state index contributed by atoms with van der Waals surface area (Å²) in [5.41, 5.74) is 2.17. The third kappa shape index (κ3) is 4.65. The largest absolute Gasteiger partial charge is 0.299 e. The van der Waals surface area contributed by atoms with Crippen molar-refractivity contribution in [3.05, 3.63) is 71.8 Å². The third-order valence-electron chi connectivity index (χ3n) is 2.49. The van der Waals surface area contributed by atoms with Gasteiger partial charge in [-0.15, -0.1) is 0 Å². The van der Waals surface area contributed by atoms with Crippen LogP contribution in [0.25, 0.3) is 0 Å². The number of rotatable bonds is 4. The Kier molecular flexibility index (Phi) is 5.83. The number of carbonyl (C=O) groups is 1. The summed E-state index contributed by atoms with van der Waals surface area (Å²) in [6.07, 6.45) is 1.05. The maximum atomic E-state index is 11.8. The van der Waals surface area contributed by atoms with Gasteiger partial charge < -0.3 is 0 Å². The SMILES string of the molecule is O=C(Cc1ccccc1)Cc1ccccc1.[Pd]. The molecule has 0 bridgehead atoms. The topological polar surface area (TPSA) is 17.1 Å². The Morgan fingerprint density at radius 3 is 1.41 bits per heavy atom. The second-order valence-electron chi connectivity index (χ2n) is 3.86. The molecule has 2 aromatic carbocycles. The molecule has 0 saturated heterocycles. The number of benzene rings is 2. The van der Waals surface area contributed by atoms with E-state index in [4.69, 9.17) is 0 Å². The fraction of sp³-hybridized carbons (Fsp3) is 0.133. The first-order valence-corrected chi connectivity index (χ1v) is 5.44. The van der Waals surface area contributed by atoms with Crippen molar-refractivity contribution in [1.29, 1.82) is 0 Å². The summed E-state index contributed by atoms with van der Waals surface area (Å²) in [6.45, 7) is 0. The molecule has 2 aromatic rings. The van der Waals surface area contributed by atoms with Crippen molar-refractivity contribution in [2.45, 2.75) is 12.8 Å². The van der Waals surface area contributed by atoms with E-state index in [9.17, 15) is 4.79 Å². The maximum Gasteiger partial charge on any atom is 0.141 e. The van der Waals surface area contributed by atoms with Crippen LogP contribution < -0.4 is 0 Å². The molecule has 90 valence electrons. The van der Waals surface area contributed by atoms with Crippen LogP contribution >= 0.6 is 0 Å². The van der Waals surface area contributed by atoms with Crippen molar-refractivity contribution >= 4 is 5.78 Å². The summed E-state index contributed by atoms with van der Waals surface area (Å²) < 4.78 is 0. The Labute approximate surface area is 116 Å². The van der Waals surface area contributed by atoms with Gasteiger partial charge in [0.05, 0.1) is 0 Å². The zero-order chi connectivity index (χ0) is 11.2. The first-order chi connectivity index (χ1) is 7.84. The Morgan fingerprint density at radius 1 is 0.706 bits per heavy atom. The van der Waals surface area contributed by atoms with Gasteiger partial charge in [0.2, 0.25) is 0 Å². The standard InChI is InChI=1S/C15H14O.Pd/c16-15(11-13-7-3-1-4-8-13)12-14-9-5-2-6-10-14;/h1-10H,11-12H2;. The molecule has 0 aliphatic rings. The zero-order valence-electron chi connectivity index (χ0n) is 9.41. The summed E-state index contributed by atoms with van der Waals surface area (Å²) in [5.74, 6) is 0.261. The van der Waals surface area contributed by atoms with Gasteiger partial charge in [-0.3, -0.25) is 4.79 Å². The molecule has 0 unspecified atom stereocenters. The van der Waals surface area contributed by atoms with E-state index < -0.39 is 0 Å². The van der Waals surface area contributed by atoms with Crippen LogP contribution in [-0.2, 0) is 38.1 Å². The average molecular weight is 317 g/mol. The van der Waals surface area contributed by atoms with Crippen LogP contribution in [0.1, 0.15) is 11.1 Å². The van der Waals surface area contributed by atoms with Gasteiger partial charge in [-0.05, 0) is 11.1 Å². The molecular formula is C15H14OPd. The summed E-state index contributed by atoms with van der Waals surface area (Å²) in [5, 5.41) is 0. The van der Waals surface area contributed by atoms with E-state index in [2.05, 4.69) is 0 Å². The quantitative estimate of drug-likeness (QED) is 0.792. The molecule has 17 heavy (non-hydrogen) atoms. The Hall–Kier alpha value is -1.23. The third-order valence-corrected chi connectivity index (χ3v) is 2.49. The van der Waals surface area contributed by atoms with Crippen LogP contribution in [0.3, 0.4) is 0 Å². The monoisotopic (exact) mass is 316 g/mol. The smallest absolute Gasteiger partial charge is 0.141 e. The van der Waals surface area contributed by atoms with Crippen molar-refractivity contribution in [2.24, 2.45) is 0 Å². The zero-order valence-corrected chi connectivity index (χ0v) is 11.0. The molecule has 0 spiro atoms. The molecule has 0 amide bonds. The van der Waals surface area contributed by atoms with Gasteiger partial charge in [0.25, 0.3) is 0 Å². The fourth-order valence-electron chi connectivity index (χ4n) is 1.71. The van der Waals surface area contributed by atoms with E-state index in [0.717, 1.165) is 11.1 Å². The van der Waals surface area contributed by atoms with Crippen LogP contribution in [0.5, 0.6) is 0 Å². The molecule has 0 N–H and O–H groups in total. The summed E-state index contributed by atoms with van der Waals surface area (Å²) >= 11 is 0. The van der Waals surface area contributed by atoms with E-state index in [1.54, 1.807) is 0 Å². The first kappa shape index (κ1) is 13.8. The first-order valence-electron chi connectivity index (χ1n) is 5.44. The molecule has 0 atom stereocenters. The van der Waals surface area contributed by atoms with Crippen molar-refractivity contribution in [3.8, 4) is 0 Å². The summed E-state index contributed by atoms with van der Waals surface area (Å²) in [7, 11) is 0. The maximum absolute atomic E-state index is 11.8. The van der Waals surface area contributed by atoms with Crippen LogP contribution in [0.15, 0.2) is 60.7 Å². The van der Waals surface area contributed by atoms with E-state index in [0.29, 0.717) is 12.8 Å². The molecule has 0 radical (unpaired) electrons. The number of hydrogen-bond donors (Lipinski definition) is 0. The number of ketones is 1. The Bertz CT molecular complexity index is 407. The van der Waals surface area contributed by atoms with E-state index in [1.807, 2.05) is 60.7 Å². The van der Waals surface area contributed by atoms with Crippen LogP contribution in [-0.4, -0.2) is 5.78 Å². The molecule has 0 heterocycles. The predicted molar refractivity (Wildman–Crippen MR) is 65.3 cm³/mol. The minimum atomic E-state index is 0. The molecule has 0 fully saturated rings. The average Bonchev–Trinajstić information content (AvgIpc) is 2.31. The molecular weight excluding hydrogens is 303 g/mol. The molecule has 0 aliphatic carbocycles. The van der Waals surface area contributed by atoms with Gasteiger partial charge >= 0.3 is 0 Å². The number of carbonyl (C=O) groups excluding carboxylic acids is 1. The van der Waals surface area contributed by atoms with Gasteiger partial charge in [0.15, 0.2) is 0 Å². The van der Waals surface area contributed by atoms with Crippen LogP contribution in [0, 0.1) is 0 Å².